The molecule has 0 unspecified atom stereocenters. The van der Waals surface area contributed by atoms with Crippen LogP contribution in [0, 0.1) is 5.41 Å². The molecule has 1 fully saturated rings. The van der Waals surface area contributed by atoms with Crippen molar-refractivity contribution in [3.8, 4) is 0 Å². The molecule has 0 aromatic heterocycles. The summed E-state index contributed by atoms with van der Waals surface area (Å²) in [6, 6.07) is 5.01. The van der Waals surface area contributed by atoms with E-state index in [1.807, 2.05) is 0 Å². The Morgan fingerprint density at radius 3 is 2.59 bits per heavy atom. The van der Waals surface area contributed by atoms with Crippen LogP contribution in [0.2, 0.25) is 5.02 Å². The third-order valence-electron chi connectivity index (χ3n) is 2.79. The SMILES string of the molecule is O=C(O)C1(C(=O)Nc2cccc(Cl)c2Br)CC1. The molecule has 90 valence electrons. The fraction of sp³-hybridized carbons (Fsp3) is 0.273. The van der Waals surface area contributed by atoms with Crippen molar-refractivity contribution >= 4 is 45.1 Å². The molecule has 2 N–H and O–H groups in total. The molecule has 1 saturated carbocycles. The van der Waals surface area contributed by atoms with Gasteiger partial charge in [0.1, 0.15) is 5.41 Å². The van der Waals surface area contributed by atoms with E-state index in [2.05, 4.69) is 21.2 Å². The quantitative estimate of drug-likeness (QED) is 0.842. The molecule has 6 heteroatoms. The number of carbonyl (C=O) groups is 2. The highest BCUT2D eigenvalue weighted by Crippen LogP contribution is 2.47. The maximum Gasteiger partial charge on any atom is 0.319 e. The minimum absolute atomic E-state index is 0.381. The largest absolute Gasteiger partial charge is 0.480 e. The van der Waals surface area contributed by atoms with Crippen molar-refractivity contribution in [1.29, 1.82) is 0 Å². The number of carboxylic acid groups (broad SMARTS) is 1. The molecule has 4 nitrogen and oxygen atoms in total. The first-order valence-electron chi connectivity index (χ1n) is 4.96. The lowest BCUT2D eigenvalue weighted by Gasteiger charge is -2.12. The summed E-state index contributed by atoms with van der Waals surface area (Å²) >= 11 is 9.11. The van der Waals surface area contributed by atoms with Crippen LogP contribution in [0.1, 0.15) is 12.8 Å². The Morgan fingerprint density at radius 1 is 1.41 bits per heavy atom. The van der Waals surface area contributed by atoms with Gasteiger partial charge in [-0.25, -0.2) is 0 Å². The molecule has 0 bridgehead atoms. The van der Waals surface area contributed by atoms with Gasteiger partial charge in [-0.15, -0.1) is 0 Å². The van der Waals surface area contributed by atoms with Crippen molar-refractivity contribution in [2.75, 3.05) is 5.32 Å². The highest BCUT2D eigenvalue weighted by Gasteiger charge is 2.57. The molecule has 0 atom stereocenters. The summed E-state index contributed by atoms with van der Waals surface area (Å²) in [6.07, 6.45) is 0.763. The van der Waals surface area contributed by atoms with Crippen LogP contribution in [-0.4, -0.2) is 17.0 Å². The summed E-state index contributed by atoms with van der Waals surface area (Å²) < 4.78 is 0.552. The summed E-state index contributed by atoms with van der Waals surface area (Å²) in [5.74, 6) is -1.57. The lowest BCUT2D eigenvalue weighted by Crippen LogP contribution is -2.31. The van der Waals surface area contributed by atoms with Crippen molar-refractivity contribution < 1.29 is 14.7 Å². The van der Waals surface area contributed by atoms with E-state index in [1.165, 1.54) is 0 Å². The number of anilines is 1. The van der Waals surface area contributed by atoms with Gasteiger partial charge in [-0.1, -0.05) is 17.7 Å². The predicted molar refractivity (Wildman–Crippen MR) is 67.1 cm³/mol. The van der Waals surface area contributed by atoms with Crippen LogP contribution in [-0.2, 0) is 9.59 Å². The van der Waals surface area contributed by atoms with Gasteiger partial charge in [0.15, 0.2) is 0 Å². The van der Waals surface area contributed by atoms with Gasteiger partial charge in [0, 0.05) is 0 Å². The van der Waals surface area contributed by atoms with Crippen molar-refractivity contribution in [1.82, 2.24) is 0 Å². The van der Waals surface area contributed by atoms with Crippen LogP contribution in [0.4, 0.5) is 5.69 Å². The molecule has 1 aromatic rings. The van der Waals surface area contributed by atoms with Gasteiger partial charge in [-0.2, -0.15) is 0 Å². The first-order valence-corrected chi connectivity index (χ1v) is 6.13. The molecule has 1 aliphatic rings. The molecule has 0 aliphatic heterocycles. The number of halogens is 2. The van der Waals surface area contributed by atoms with E-state index in [0.29, 0.717) is 28.0 Å². The van der Waals surface area contributed by atoms with Gasteiger partial charge >= 0.3 is 5.97 Å². The lowest BCUT2D eigenvalue weighted by atomic mass is 10.1. The third kappa shape index (κ3) is 2.17. The topological polar surface area (TPSA) is 66.4 Å². The Balaban J connectivity index is 2.20. The Kier molecular flexibility index (Phi) is 3.14. The first kappa shape index (κ1) is 12.4. The van der Waals surface area contributed by atoms with E-state index in [9.17, 15) is 9.59 Å². The average molecular weight is 319 g/mol. The van der Waals surface area contributed by atoms with Crippen LogP contribution in [0.15, 0.2) is 22.7 Å². The summed E-state index contributed by atoms with van der Waals surface area (Å²) in [4.78, 5) is 22.8. The van der Waals surface area contributed by atoms with E-state index in [1.54, 1.807) is 18.2 Å². The fourth-order valence-corrected chi connectivity index (χ4v) is 2.04. The zero-order chi connectivity index (χ0) is 12.6. The average Bonchev–Trinajstić information content (AvgIpc) is 3.05. The summed E-state index contributed by atoms with van der Waals surface area (Å²) in [7, 11) is 0. The summed E-state index contributed by atoms with van der Waals surface area (Å²) in [5, 5.41) is 12.0. The van der Waals surface area contributed by atoms with Gasteiger partial charge in [0.05, 0.1) is 15.2 Å². The monoisotopic (exact) mass is 317 g/mol. The van der Waals surface area contributed by atoms with E-state index in [-0.39, 0.29) is 0 Å². The minimum atomic E-state index is -1.25. The molecule has 17 heavy (non-hydrogen) atoms. The highest BCUT2D eigenvalue weighted by atomic mass is 79.9. The number of nitrogens with one attached hydrogen (secondary N) is 1. The molecule has 1 aliphatic carbocycles. The van der Waals surface area contributed by atoms with Crippen LogP contribution < -0.4 is 5.32 Å². The normalized spacial score (nSPS) is 16.4. The van der Waals surface area contributed by atoms with E-state index in [0.717, 1.165) is 0 Å². The summed E-state index contributed by atoms with van der Waals surface area (Å²) in [5.41, 5.74) is -0.767. The standard InChI is InChI=1S/C11H9BrClNO3/c12-8-6(13)2-1-3-7(8)14-9(15)11(4-5-11)10(16)17/h1-3H,4-5H2,(H,14,15)(H,16,17). The molecule has 0 spiro atoms. The second-order valence-corrected chi connectivity index (χ2v) is 5.14. The molecule has 0 heterocycles. The van der Waals surface area contributed by atoms with Crippen LogP contribution in [0.25, 0.3) is 0 Å². The number of amides is 1. The van der Waals surface area contributed by atoms with Crippen molar-refractivity contribution in [3.05, 3.63) is 27.7 Å². The predicted octanol–water partition coefficient (Wildman–Crippen LogP) is 2.91. The van der Waals surface area contributed by atoms with Gasteiger partial charge in [0.2, 0.25) is 5.91 Å². The van der Waals surface area contributed by atoms with Gasteiger partial charge in [-0.05, 0) is 40.9 Å². The molecule has 0 radical (unpaired) electrons. The second kappa shape index (κ2) is 4.31. The molecular formula is C11H9BrClNO3. The van der Waals surface area contributed by atoms with Gasteiger partial charge in [-0.3, -0.25) is 9.59 Å². The van der Waals surface area contributed by atoms with Gasteiger partial charge in [0.25, 0.3) is 0 Å². The number of aliphatic carboxylic acids is 1. The van der Waals surface area contributed by atoms with E-state index in [4.69, 9.17) is 16.7 Å². The number of hydrogen-bond donors (Lipinski definition) is 2. The second-order valence-electron chi connectivity index (χ2n) is 3.94. The third-order valence-corrected chi connectivity index (χ3v) is 4.19. The minimum Gasteiger partial charge on any atom is -0.480 e. The van der Waals surface area contributed by atoms with E-state index >= 15 is 0 Å². The molecule has 2 rings (SSSR count). The smallest absolute Gasteiger partial charge is 0.319 e. The van der Waals surface area contributed by atoms with Crippen LogP contribution >= 0.6 is 27.5 Å². The zero-order valence-electron chi connectivity index (χ0n) is 8.67. The number of carboxylic acids is 1. The number of carbonyl (C=O) groups excluding carboxylic acids is 1. The highest BCUT2D eigenvalue weighted by molar-refractivity contribution is 9.10. The van der Waals surface area contributed by atoms with Gasteiger partial charge < -0.3 is 10.4 Å². The van der Waals surface area contributed by atoms with Crippen molar-refractivity contribution in [3.63, 3.8) is 0 Å². The molecule has 1 aromatic carbocycles. The van der Waals surface area contributed by atoms with Crippen molar-refractivity contribution in [2.45, 2.75) is 12.8 Å². The number of rotatable bonds is 3. The lowest BCUT2D eigenvalue weighted by molar-refractivity contribution is -0.147. The fourth-order valence-electron chi connectivity index (χ4n) is 1.51. The maximum atomic E-state index is 11.8. The van der Waals surface area contributed by atoms with E-state index < -0.39 is 17.3 Å². The zero-order valence-corrected chi connectivity index (χ0v) is 11.0. The Bertz CT molecular complexity index is 499. The molecule has 1 amide bonds. The Hall–Kier alpha value is -1.07. The maximum absolute atomic E-state index is 11.8. The number of hydrogen-bond acceptors (Lipinski definition) is 2. The Labute approximate surface area is 111 Å². The van der Waals surface area contributed by atoms with Crippen molar-refractivity contribution in [2.24, 2.45) is 5.41 Å². The number of benzene rings is 1. The molecular weight excluding hydrogens is 309 g/mol. The Morgan fingerprint density at radius 2 is 2.06 bits per heavy atom. The van der Waals surface area contributed by atoms with Crippen LogP contribution in [0.5, 0.6) is 0 Å². The first-order chi connectivity index (χ1) is 7.97. The summed E-state index contributed by atoms with van der Waals surface area (Å²) in [6.45, 7) is 0. The van der Waals surface area contributed by atoms with Crippen LogP contribution in [0.3, 0.4) is 0 Å². The molecule has 0 saturated heterocycles.